The van der Waals surface area contributed by atoms with Gasteiger partial charge in [-0.1, -0.05) is 96.5 Å². The number of amides is 1. The number of aliphatic hydroxyl groups excluding tert-OH is 1. The number of phenolic OH excluding ortho intramolecular Hbond substituents is 1. The molecule has 0 aromatic heterocycles. The van der Waals surface area contributed by atoms with E-state index in [1.165, 1.54) is 90.7 Å². The molecule has 0 bridgehead atoms. The summed E-state index contributed by atoms with van der Waals surface area (Å²) in [5, 5.41) is 20.3. The molecule has 196 valence electrons. The Hall–Kier alpha value is -2.50. The summed E-state index contributed by atoms with van der Waals surface area (Å²) in [6.45, 7) is 4.08. The Morgan fingerprint density at radius 1 is 0.886 bits per heavy atom. The predicted octanol–water partition coefficient (Wildman–Crippen LogP) is 7.17. The van der Waals surface area contributed by atoms with E-state index in [1.807, 2.05) is 0 Å². The Bertz CT molecular complexity index is 847. The Balaban J connectivity index is 1.76. The summed E-state index contributed by atoms with van der Waals surface area (Å²) in [6, 6.07) is 4.09. The number of nitrogens with zero attached hydrogens (tertiary/aromatic N) is 1. The fourth-order valence-corrected chi connectivity index (χ4v) is 4.93. The van der Waals surface area contributed by atoms with Gasteiger partial charge in [0.25, 0.3) is 5.91 Å². The molecule has 0 saturated heterocycles. The van der Waals surface area contributed by atoms with Gasteiger partial charge in [-0.3, -0.25) is 9.59 Å². The second kappa shape index (κ2) is 15.5. The lowest BCUT2D eigenvalue weighted by Crippen LogP contribution is -2.32. The van der Waals surface area contributed by atoms with Crippen molar-refractivity contribution in [3.05, 3.63) is 35.1 Å². The van der Waals surface area contributed by atoms with Gasteiger partial charge < -0.3 is 19.8 Å². The zero-order valence-corrected chi connectivity index (χ0v) is 22.0. The number of carbonyl (C=O) groups excluding carboxylic acids is 2. The molecule has 1 aliphatic rings. The molecule has 6 heteroatoms. The number of rotatable bonds is 18. The molecule has 1 heterocycles. The van der Waals surface area contributed by atoms with Gasteiger partial charge in [-0.05, 0) is 31.0 Å². The highest BCUT2D eigenvalue weighted by Crippen LogP contribution is 2.40. The molecular weight excluding hydrogens is 442 g/mol. The molecule has 0 radical (unpaired) electrons. The fourth-order valence-electron chi connectivity index (χ4n) is 4.93. The maximum atomic E-state index is 12.8. The third-order valence-corrected chi connectivity index (χ3v) is 6.96. The lowest BCUT2D eigenvalue weighted by Gasteiger charge is -2.27. The highest BCUT2D eigenvalue weighted by molar-refractivity contribution is 6.08. The quantitative estimate of drug-likeness (QED) is 0.214. The van der Waals surface area contributed by atoms with E-state index in [4.69, 9.17) is 4.74 Å². The maximum Gasteiger partial charge on any atom is 0.290 e. The lowest BCUT2D eigenvalue weighted by molar-refractivity contribution is -0.129. The fraction of sp³-hybridized carbons (Fsp3) is 0.655. The van der Waals surface area contributed by atoms with E-state index in [9.17, 15) is 19.8 Å². The molecule has 2 N–H and O–H groups in total. The Morgan fingerprint density at radius 2 is 1.40 bits per heavy atom. The lowest BCUT2D eigenvalue weighted by atomic mass is 9.96. The van der Waals surface area contributed by atoms with E-state index in [0.717, 1.165) is 19.3 Å². The summed E-state index contributed by atoms with van der Waals surface area (Å²) in [7, 11) is 1.45. The van der Waals surface area contributed by atoms with Gasteiger partial charge in [0, 0.05) is 6.54 Å². The van der Waals surface area contributed by atoms with Crippen molar-refractivity contribution in [2.24, 2.45) is 0 Å². The summed E-state index contributed by atoms with van der Waals surface area (Å²) in [6.07, 6.45) is 17.6. The van der Waals surface area contributed by atoms with Crippen LogP contribution >= 0.6 is 0 Å². The van der Waals surface area contributed by atoms with Crippen molar-refractivity contribution in [3.63, 3.8) is 0 Å². The van der Waals surface area contributed by atoms with Gasteiger partial charge in [0.2, 0.25) is 0 Å². The average Bonchev–Trinajstić information content (AvgIpc) is 3.09. The monoisotopic (exact) mass is 487 g/mol. The first-order chi connectivity index (χ1) is 16.9. The molecule has 1 aliphatic heterocycles. The molecule has 6 nitrogen and oxygen atoms in total. The number of aromatic hydroxyl groups is 1. The number of aliphatic hydroxyl groups is 1. The topological polar surface area (TPSA) is 87.1 Å². The number of hydrogen-bond acceptors (Lipinski definition) is 5. The van der Waals surface area contributed by atoms with Gasteiger partial charge in [-0.25, -0.2) is 0 Å². The van der Waals surface area contributed by atoms with Gasteiger partial charge >= 0.3 is 0 Å². The number of benzene rings is 1. The smallest absolute Gasteiger partial charge is 0.290 e. The largest absolute Gasteiger partial charge is 0.504 e. The number of ether oxygens (including phenoxy) is 1. The summed E-state index contributed by atoms with van der Waals surface area (Å²) >= 11 is 0. The van der Waals surface area contributed by atoms with Crippen molar-refractivity contribution in [2.75, 3.05) is 13.7 Å². The number of methoxy groups -OCH3 is 1. The van der Waals surface area contributed by atoms with Crippen molar-refractivity contribution in [3.8, 4) is 11.5 Å². The van der Waals surface area contributed by atoms with Crippen LogP contribution in [0.2, 0.25) is 0 Å². The number of Topliss-reactive ketones (excluding diaryl/α,β-unsaturated/α-hetero) is 1. The van der Waals surface area contributed by atoms with E-state index in [-0.39, 0.29) is 22.9 Å². The molecule has 0 aliphatic carbocycles. The molecule has 35 heavy (non-hydrogen) atoms. The number of hydrogen-bond donors (Lipinski definition) is 2. The molecule has 1 atom stereocenters. The molecule has 2 rings (SSSR count). The van der Waals surface area contributed by atoms with Gasteiger partial charge in [-0.15, -0.1) is 0 Å². The predicted molar refractivity (Wildman–Crippen MR) is 140 cm³/mol. The summed E-state index contributed by atoms with van der Waals surface area (Å²) in [5.41, 5.74) is 0.737. The second-order valence-corrected chi connectivity index (χ2v) is 9.75. The maximum absolute atomic E-state index is 12.8. The Labute approximate surface area is 211 Å². The second-order valence-electron chi connectivity index (χ2n) is 9.75. The van der Waals surface area contributed by atoms with Crippen LogP contribution in [-0.2, 0) is 9.59 Å². The van der Waals surface area contributed by atoms with Gasteiger partial charge in [0.15, 0.2) is 23.0 Å². The van der Waals surface area contributed by atoms with E-state index in [1.54, 1.807) is 17.0 Å². The van der Waals surface area contributed by atoms with Crippen LogP contribution in [0.25, 0.3) is 0 Å². The van der Waals surface area contributed by atoms with Crippen molar-refractivity contribution in [1.82, 2.24) is 4.90 Å². The first-order valence-electron chi connectivity index (χ1n) is 13.5. The van der Waals surface area contributed by atoms with Crippen LogP contribution in [0.3, 0.4) is 0 Å². The Morgan fingerprint density at radius 3 is 1.89 bits per heavy atom. The SMILES string of the molecule is CCCCCCCCCCCCCCCCN1C(=O)C(O)=C(C(C)=O)[C@@H]1c1ccc(O)c(OC)c1. The van der Waals surface area contributed by atoms with Crippen molar-refractivity contribution >= 4 is 11.7 Å². The van der Waals surface area contributed by atoms with Crippen LogP contribution in [0.15, 0.2) is 29.5 Å². The molecule has 1 aromatic rings. The van der Waals surface area contributed by atoms with Crippen LogP contribution in [0.4, 0.5) is 0 Å². The zero-order chi connectivity index (χ0) is 25.6. The van der Waals surface area contributed by atoms with Crippen molar-refractivity contribution in [1.29, 1.82) is 0 Å². The van der Waals surface area contributed by atoms with E-state index >= 15 is 0 Å². The van der Waals surface area contributed by atoms with Gasteiger partial charge in [0.1, 0.15) is 0 Å². The molecule has 1 amide bonds. The number of unbranched alkanes of at least 4 members (excludes halogenated alkanes) is 13. The molecule has 0 fully saturated rings. The highest BCUT2D eigenvalue weighted by Gasteiger charge is 2.42. The van der Waals surface area contributed by atoms with Crippen LogP contribution in [0.5, 0.6) is 11.5 Å². The first-order valence-corrected chi connectivity index (χ1v) is 13.5. The number of ketones is 1. The zero-order valence-electron chi connectivity index (χ0n) is 22.0. The van der Waals surface area contributed by atoms with Crippen molar-refractivity contribution < 1.29 is 24.5 Å². The summed E-state index contributed by atoms with van der Waals surface area (Å²) < 4.78 is 5.20. The first kappa shape index (κ1) is 28.7. The third-order valence-electron chi connectivity index (χ3n) is 6.96. The van der Waals surface area contributed by atoms with Crippen LogP contribution in [-0.4, -0.2) is 40.5 Å². The van der Waals surface area contributed by atoms with Crippen molar-refractivity contribution in [2.45, 2.75) is 110 Å². The van der Waals surface area contributed by atoms with E-state index < -0.39 is 17.7 Å². The normalized spacial score (nSPS) is 15.8. The molecule has 0 saturated carbocycles. The van der Waals surface area contributed by atoms with E-state index in [0.29, 0.717) is 12.1 Å². The van der Waals surface area contributed by atoms with Gasteiger partial charge in [-0.2, -0.15) is 0 Å². The number of carbonyl (C=O) groups is 2. The minimum Gasteiger partial charge on any atom is -0.504 e. The molecule has 0 unspecified atom stereocenters. The van der Waals surface area contributed by atoms with E-state index in [2.05, 4.69) is 6.92 Å². The highest BCUT2D eigenvalue weighted by atomic mass is 16.5. The van der Waals surface area contributed by atoms with Gasteiger partial charge in [0.05, 0.1) is 18.7 Å². The summed E-state index contributed by atoms with van der Waals surface area (Å²) in [4.78, 5) is 26.6. The Kier molecular flexibility index (Phi) is 12.7. The van der Waals surface area contributed by atoms with Crippen LogP contribution in [0, 0.1) is 0 Å². The summed E-state index contributed by atoms with van der Waals surface area (Å²) in [5.74, 6) is -1.07. The van der Waals surface area contributed by atoms with Crippen LogP contribution in [0.1, 0.15) is 115 Å². The molecular formula is C29H45NO5. The minimum absolute atomic E-state index is 0.0170. The van der Waals surface area contributed by atoms with Crippen LogP contribution < -0.4 is 4.74 Å². The third kappa shape index (κ3) is 8.59. The molecule has 1 aromatic carbocycles. The number of phenols is 1. The minimum atomic E-state index is -0.670. The average molecular weight is 488 g/mol. The molecule has 0 spiro atoms. The standard InChI is InChI=1S/C29H45NO5/c1-4-5-6-7-8-9-10-11-12-13-14-15-16-17-20-30-27(26(22(2)31)28(33)29(30)34)23-18-19-24(32)25(21-23)35-3/h18-19,21,27,32-33H,4-17,20H2,1-3H3/t27-/m0/s1.